The van der Waals surface area contributed by atoms with Gasteiger partial charge in [0.2, 0.25) is 0 Å². The third-order valence-corrected chi connectivity index (χ3v) is 4.99. The summed E-state index contributed by atoms with van der Waals surface area (Å²) >= 11 is 6.71. The second-order valence-electron chi connectivity index (χ2n) is 5.57. The van der Waals surface area contributed by atoms with Crippen molar-refractivity contribution in [1.82, 2.24) is 0 Å². The molecule has 3 aromatic carbocycles. The molecule has 0 bridgehead atoms. The molecule has 0 spiro atoms. The SMILES string of the molecule is O=C(O)c1cc(C(=O)O)c(-c2ccc(Br)cc2)cc1-c1ccc(Br)cc1. The summed E-state index contributed by atoms with van der Waals surface area (Å²) in [5.41, 5.74) is 2.22. The van der Waals surface area contributed by atoms with Crippen LogP contribution in [0.1, 0.15) is 20.7 Å². The molecule has 0 aromatic heterocycles. The van der Waals surface area contributed by atoms with Gasteiger partial charge in [-0.3, -0.25) is 0 Å². The van der Waals surface area contributed by atoms with Gasteiger partial charge < -0.3 is 10.2 Å². The monoisotopic (exact) mass is 474 g/mol. The predicted molar refractivity (Wildman–Crippen MR) is 107 cm³/mol. The van der Waals surface area contributed by atoms with Gasteiger partial charge >= 0.3 is 11.9 Å². The highest BCUT2D eigenvalue weighted by molar-refractivity contribution is 9.10. The first-order valence-corrected chi connectivity index (χ1v) is 9.12. The van der Waals surface area contributed by atoms with Gasteiger partial charge in [-0.15, -0.1) is 0 Å². The average Bonchev–Trinajstić information content (AvgIpc) is 2.62. The van der Waals surface area contributed by atoms with E-state index in [0.29, 0.717) is 22.3 Å². The van der Waals surface area contributed by atoms with Crippen molar-refractivity contribution in [1.29, 1.82) is 0 Å². The number of hydrogen-bond donors (Lipinski definition) is 2. The van der Waals surface area contributed by atoms with Gasteiger partial charge in [-0.2, -0.15) is 0 Å². The van der Waals surface area contributed by atoms with Crippen LogP contribution in [0.2, 0.25) is 0 Å². The zero-order valence-corrected chi connectivity index (χ0v) is 16.4. The maximum absolute atomic E-state index is 11.7. The summed E-state index contributed by atoms with van der Waals surface area (Å²) < 4.78 is 1.74. The molecule has 0 aliphatic heterocycles. The molecule has 2 N–H and O–H groups in total. The third kappa shape index (κ3) is 3.71. The van der Waals surface area contributed by atoms with Crippen molar-refractivity contribution in [3.8, 4) is 22.3 Å². The van der Waals surface area contributed by atoms with Gasteiger partial charge in [-0.1, -0.05) is 56.1 Å². The number of carboxylic acid groups (broad SMARTS) is 2. The lowest BCUT2D eigenvalue weighted by Crippen LogP contribution is -2.07. The molecule has 0 unspecified atom stereocenters. The zero-order chi connectivity index (χ0) is 18.8. The van der Waals surface area contributed by atoms with Crippen LogP contribution in [0.4, 0.5) is 0 Å². The van der Waals surface area contributed by atoms with Crippen LogP contribution < -0.4 is 0 Å². The second kappa shape index (κ2) is 7.43. The summed E-state index contributed by atoms with van der Waals surface area (Å²) in [4.78, 5) is 23.4. The summed E-state index contributed by atoms with van der Waals surface area (Å²) in [5, 5.41) is 19.2. The van der Waals surface area contributed by atoms with Gasteiger partial charge in [0.1, 0.15) is 0 Å². The van der Waals surface area contributed by atoms with Crippen LogP contribution in [0.15, 0.2) is 69.6 Å². The Morgan fingerprint density at radius 2 is 0.962 bits per heavy atom. The topological polar surface area (TPSA) is 74.6 Å². The summed E-state index contributed by atoms with van der Waals surface area (Å²) in [5.74, 6) is -2.35. The standard InChI is InChI=1S/C20H12Br2O4/c21-13-5-1-11(2-6-13)15-9-16(12-3-7-14(22)8-4-12)18(20(25)26)10-17(15)19(23)24/h1-10H,(H,23,24)(H,25,26). The Kier molecular flexibility index (Phi) is 5.25. The van der Waals surface area contributed by atoms with Crippen LogP contribution in [-0.4, -0.2) is 22.2 Å². The molecule has 3 aromatic rings. The average molecular weight is 476 g/mol. The van der Waals surface area contributed by atoms with E-state index in [2.05, 4.69) is 31.9 Å². The highest BCUT2D eigenvalue weighted by Crippen LogP contribution is 2.34. The van der Waals surface area contributed by atoms with Crippen LogP contribution >= 0.6 is 31.9 Å². The largest absolute Gasteiger partial charge is 0.478 e. The van der Waals surface area contributed by atoms with Crippen molar-refractivity contribution in [2.24, 2.45) is 0 Å². The fourth-order valence-electron chi connectivity index (χ4n) is 2.69. The summed E-state index contributed by atoms with van der Waals surface area (Å²) in [6.45, 7) is 0. The number of carbonyl (C=O) groups is 2. The van der Waals surface area contributed by atoms with Gasteiger partial charge in [0.25, 0.3) is 0 Å². The van der Waals surface area contributed by atoms with Gasteiger partial charge in [-0.25, -0.2) is 9.59 Å². The molecule has 0 aliphatic rings. The highest BCUT2D eigenvalue weighted by atomic mass is 79.9. The summed E-state index contributed by atoms with van der Waals surface area (Å²) in [6.07, 6.45) is 0. The van der Waals surface area contributed by atoms with Crippen LogP contribution in [0, 0.1) is 0 Å². The molecule has 0 saturated carbocycles. The normalized spacial score (nSPS) is 10.5. The van der Waals surface area contributed by atoms with E-state index in [0.717, 1.165) is 8.95 Å². The number of benzene rings is 3. The van der Waals surface area contributed by atoms with Crippen LogP contribution in [0.25, 0.3) is 22.3 Å². The Balaban J connectivity index is 2.31. The predicted octanol–water partition coefficient (Wildman–Crippen LogP) is 5.94. The van der Waals surface area contributed by atoms with E-state index in [9.17, 15) is 19.8 Å². The lowest BCUT2D eigenvalue weighted by atomic mass is 9.90. The maximum atomic E-state index is 11.7. The van der Waals surface area contributed by atoms with Crippen molar-refractivity contribution >= 4 is 43.8 Å². The fraction of sp³-hybridized carbons (Fsp3) is 0. The van der Waals surface area contributed by atoms with Crippen molar-refractivity contribution in [2.45, 2.75) is 0 Å². The van der Waals surface area contributed by atoms with Crippen molar-refractivity contribution < 1.29 is 19.8 Å². The smallest absolute Gasteiger partial charge is 0.336 e. The van der Waals surface area contributed by atoms with Gasteiger partial charge in [0.05, 0.1) is 11.1 Å². The van der Waals surface area contributed by atoms with Gasteiger partial charge in [0, 0.05) is 8.95 Å². The van der Waals surface area contributed by atoms with Crippen LogP contribution in [-0.2, 0) is 0 Å². The van der Waals surface area contributed by atoms with E-state index in [-0.39, 0.29) is 11.1 Å². The first kappa shape index (κ1) is 18.4. The van der Waals surface area contributed by atoms with Crippen molar-refractivity contribution in [3.63, 3.8) is 0 Å². The van der Waals surface area contributed by atoms with E-state index >= 15 is 0 Å². The zero-order valence-electron chi connectivity index (χ0n) is 13.2. The molecular weight excluding hydrogens is 464 g/mol. The molecule has 0 atom stereocenters. The molecule has 3 rings (SSSR count). The molecule has 0 fully saturated rings. The molecular formula is C20H12Br2O4. The lowest BCUT2D eigenvalue weighted by molar-refractivity contribution is 0.0696. The molecule has 26 heavy (non-hydrogen) atoms. The molecule has 0 saturated heterocycles. The summed E-state index contributed by atoms with van der Waals surface area (Å²) in [7, 11) is 0. The number of carboxylic acids is 2. The number of halogens is 2. The Morgan fingerprint density at radius 1 is 0.615 bits per heavy atom. The van der Waals surface area contributed by atoms with E-state index in [1.165, 1.54) is 6.07 Å². The summed E-state index contributed by atoms with van der Waals surface area (Å²) in [6, 6.07) is 17.2. The number of hydrogen-bond acceptors (Lipinski definition) is 2. The molecule has 130 valence electrons. The Labute approximate surface area is 166 Å². The quantitative estimate of drug-likeness (QED) is 0.489. The van der Waals surface area contributed by atoms with Crippen LogP contribution in [0.3, 0.4) is 0 Å². The van der Waals surface area contributed by atoms with Crippen molar-refractivity contribution in [3.05, 3.63) is 80.7 Å². The van der Waals surface area contributed by atoms with Gasteiger partial charge in [0.15, 0.2) is 0 Å². The third-order valence-electron chi connectivity index (χ3n) is 3.93. The Morgan fingerprint density at radius 3 is 1.27 bits per heavy atom. The van der Waals surface area contributed by atoms with E-state index in [1.54, 1.807) is 30.3 Å². The minimum atomic E-state index is -1.17. The van der Waals surface area contributed by atoms with Crippen molar-refractivity contribution in [2.75, 3.05) is 0 Å². The van der Waals surface area contributed by atoms with E-state index < -0.39 is 11.9 Å². The lowest BCUT2D eigenvalue weighted by Gasteiger charge is -2.13. The maximum Gasteiger partial charge on any atom is 0.336 e. The Bertz CT molecular complexity index is 915. The van der Waals surface area contributed by atoms with E-state index in [4.69, 9.17) is 0 Å². The minimum Gasteiger partial charge on any atom is -0.478 e. The van der Waals surface area contributed by atoms with Gasteiger partial charge in [-0.05, 0) is 58.7 Å². The minimum absolute atomic E-state index is 0.0504. The first-order valence-electron chi connectivity index (χ1n) is 7.53. The highest BCUT2D eigenvalue weighted by Gasteiger charge is 2.20. The molecule has 6 heteroatoms. The fourth-order valence-corrected chi connectivity index (χ4v) is 3.22. The molecule has 0 amide bonds. The first-order chi connectivity index (χ1) is 12.4. The van der Waals surface area contributed by atoms with Crippen LogP contribution in [0.5, 0.6) is 0 Å². The Hall–Kier alpha value is -2.44. The second-order valence-corrected chi connectivity index (χ2v) is 7.40. The molecule has 0 heterocycles. The van der Waals surface area contributed by atoms with E-state index in [1.807, 2.05) is 24.3 Å². The molecule has 0 radical (unpaired) electrons. The number of aromatic carboxylic acids is 2. The number of rotatable bonds is 4. The molecule has 0 aliphatic carbocycles. The molecule has 4 nitrogen and oxygen atoms in total.